The lowest BCUT2D eigenvalue weighted by molar-refractivity contribution is -0.682. The largest absolute Gasteiger partial charge is 0.393 e. The van der Waals surface area contributed by atoms with Gasteiger partial charge in [0.2, 0.25) is 12.1 Å². The van der Waals surface area contributed by atoms with E-state index >= 15 is 0 Å². The van der Waals surface area contributed by atoms with Crippen LogP contribution in [-0.4, -0.2) is 21.6 Å². The highest BCUT2D eigenvalue weighted by molar-refractivity contribution is 5.99. The summed E-state index contributed by atoms with van der Waals surface area (Å²) in [5.41, 5.74) is 2.93. The molecule has 1 heterocycles. The molecule has 3 saturated carbocycles. The van der Waals surface area contributed by atoms with Crippen LogP contribution < -0.4 is 4.57 Å². The first-order chi connectivity index (χ1) is 18.3. The van der Waals surface area contributed by atoms with Crippen LogP contribution in [0, 0.1) is 28.6 Å². The number of ketones is 1. The number of hydrogen-bond acceptors (Lipinski definition) is 2. The number of aromatic nitrogens is 2. The molecule has 3 aromatic rings. The fourth-order valence-electron chi connectivity index (χ4n) is 9.41. The maximum atomic E-state index is 13.2. The first kappa shape index (κ1) is 24.3. The fraction of sp³-hybridized carbons (Fsp3) is 0.529. The van der Waals surface area contributed by atoms with Crippen molar-refractivity contribution in [2.45, 2.75) is 83.9 Å². The molecule has 7 rings (SSSR count). The SMILES string of the molecule is C[C@]12CC[C@H]3[C@@H](CC=C4C[C@@H](O)CC[C@@]43C)[C@@H]1CC[C@@H]2n1cc[n+](CC(=O)c2ccc3ccccc3c2)c1. The van der Waals surface area contributed by atoms with E-state index in [0.717, 1.165) is 48.0 Å². The predicted octanol–water partition coefficient (Wildman–Crippen LogP) is 6.68. The Morgan fingerprint density at radius 3 is 2.74 bits per heavy atom. The summed E-state index contributed by atoms with van der Waals surface area (Å²) in [6.45, 7) is 5.45. The summed E-state index contributed by atoms with van der Waals surface area (Å²) < 4.78 is 4.50. The summed E-state index contributed by atoms with van der Waals surface area (Å²) >= 11 is 0. The van der Waals surface area contributed by atoms with Gasteiger partial charge in [0.05, 0.1) is 6.10 Å². The van der Waals surface area contributed by atoms with E-state index in [9.17, 15) is 9.90 Å². The quantitative estimate of drug-likeness (QED) is 0.242. The van der Waals surface area contributed by atoms with Gasteiger partial charge >= 0.3 is 0 Å². The van der Waals surface area contributed by atoms with Crippen LogP contribution in [0.4, 0.5) is 0 Å². The zero-order valence-electron chi connectivity index (χ0n) is 22.9. The van der Waals surface area contributed by atoms with Crippen LogP contribution in [0.2, 0.25) is 0 Å². The molecule has 4 nitrogen and oxygen atoms in total. The Bertz CT molecular complexity index is 1420. The molecule has 198 valence electrons. The van der Waals surface area contributed by atoms with Crippen molar-refractivity contribution in [2.24, 2.45) is 28.6 Å². The number of rotatable bonds is 4. The minimum atomic E-state index is -0.135. The number of carbonyl (C=O) groups excluding carboxylic acids is 1. The topological polar surface area (TPSA) is 46.1 Å². The van der Waals surface area contributed by atoms with Crippen molar-refractivity contribution < 1.29 is 14.5 Å². The third kappa shape index (κ3) is 3.74. The molecule has 0 saturated heterocycles. The Balaban J connectivity index is 1.09. The summed E-state index contributed by atoms with van der Waals surface area (Å²) in [5.74, 6) is 2.44. The molecule has 4 heteroatoms. The van der Waals surface area contributed by atoms with Crippen molar-refractivity contribution >= 4 is 16.6 Å². The van der Waals surface area contributed by atoms with Crippen molar-refractivity contribution in [3.63, 3.8) is 0 Å². The summed E-state index contributed by atoms with van der Waals surface area (Å²) in [4.78, 5) is 13.2. The Labute approximate surface area is 226 Å². The Morgan fingerprint density at radius 1 is 1.03 bits per heavy atom. The second kappa shape index (κ2) is 8.91. The molecule has 0 radical (unpaired) electrons. The molecule has 3 fully saturated rings. The molecule has 1 aromatic heterocycles. The Kier molecular flexibility index (Phi) is 5.70. The zero-order chi connectivity index (χ0) is 26.1. The number of imidazole rings is 1. The van der Waals surface area contributed by atoms with Crippen LogP contribution >= 0.6 is 0 Å². The second-order valence-corrected chi connectivity index (χ2v) is 13.3. The van der Waals surface area contributed by atoms with Gasteiger partial charge < -0.3 is 5.11 Å². The van der Waals surface area contributed by atoms with Gasteiger partial charge in [0.15, 0.2) is 6.54 Å². The van der Waals surface area contributed by atoms with Gasteiger partial charge in [-0.15, -0.1) is 0 Å². The predicted molar refractivity (Wildman–Crippen MR) is 150 cm³/mol. The molecule has 38 heavy (non-hydrogen) atoms. The number of benzene rings is 2. The third-order valence-corrected chi connectivity index (χ3v) is 11.5. The van der Waals surface area contributed by atoms with Gasteiger partial charge in [0.25, 0.3) is 0 Å². The average Bonchev–Trinajstić information content (AvgIpc) is 3.52. The number of aliphatic hydroxyl groups excluding tert-OH is 1. The molecular weight excluding hydrogens is 468 g/mol. The van der Waals surface area contributed by atoms with E-state index in [-0.39, 0.29) is 11.9 Å². The summed E-state index contributed by atoms with van der Waals surface area (Å²) in [6, 6.07) is 14.7. The maximum absolute atomic E-state index is 13.2. The van der Waals surface area contributed by atoms with E-state index in [0.29, 0.717) is 23.4 Å². The van der Waals surface area contributed by atoms with Gasteiger partial charge in [-0.05, 0) is 91.4 Å². The number of fused-ring (bicyclic) bond motifs is 6. The monoisotopic (exact) mass is 509 g/mol. The van der Waals surface area contributed by atoms with E-state index in [4.69, 9.17) is 0 Å². The zero-order valence-corrected chi connectivity index (χ0v) is 22.9. The van der Waals surface area contributed by atoms with E-state index in [1.54, 1.807) is 5.57 Å². The van der Waals surface area contributed by atoms with Crippen molar-refractivity contribution in [3.8, 4) is 0 Å². The van der Waals surface area contributed by atoms with Crippen LogP contribution in [0.1, 0.15) is 81.6 Å². The van der Waals surface area contributed by atoms with Crippen molar-refractivity contribution in [1.82, 2.24) is 4.57 Å². The summed E-state index contributed by atoms with van der Waals surface area (Å²) in [6.07, 6.45) is 18.2. The van der Waals surface area contributed by atoms with Gasteiger partial charge in [-0.1, -0.05) is 61.9 Å². The second-order valence-electron chi connectivity index (χ2n) is 13.3. The summed E-state index contributed by atoms with van der Waals surface area (Å²) in [7, 11) is 0. The number of nitrogens with zero attached hydrogens (tertiary/aromatic N) is 2. The minimum Gasteiger partial charge on any atom is -0.393 e. The highest BCUT2D eigenvalue weighted by Gasteiger charge is 2.60. The maximum Gasteiger partial charge on any atom is 0.244 e. The van der Waals surface area contributed by atoms with Gasteiger partial charge in [0, 0.05) is 11.0 Å². The molecule has 0 spiro atoms. The molecule has 0 unspecified atom stereocenters. The highest BCUT2D eigenvalue weighted by Crippen LogP contribution is 2.67. The van der Waals surface area contributed by atoms with E-state index < -0.39 is 0 Å². The highest BCUT2D eigenvalue weighted by atomic mass is 16.3. The van der Waals surface area contributed by atoms with Crippen molar-refractivity contribution in [1.29, 1.82) is 0 Å². The summed E-state index contributed by atoms with van der Waals surface area (Å²) in [5, 5.41) is 12.6. The molecule has 0 aliphatic heterocycles. The van der Waals surface area contributed by atoms with Crippen molar-refractivity contribution in [2.75, 3.05) is 0 Å². The number of hydrogen-bond donors (Lipinski definition) is 1. The molecular formula is C34H41N2O2+. The Morgan fingerprint density at radius 2 is 1.87 bits per heavy atom. The van der Waals surface area contributed by atoms with Gasteiger partial charge in [-0.25, -0.2) is 9.13 Å². The van der Waals surface area contributed by atoms with E-state index in [1.807, 2.05) is 30.3 Å². The number of allylic oxidation sites excluding steroid dienone is 1. The first-order valence-corrected chi connectivity index (χ1v) is 14.8. The van der Waals surface area contributed by atoms with E-state index in [1.165, 1.54) is 37.5 Å². The van der Waals surface area contributed by atoms with Crippen LogP contribution in [0.3, 0.4) is 0 Å². The Hall–Kier alpha value is -2.72. The van der Waals surface area contributed by atoms with Crippen LogP contribution in [0.15, 0.2) is 72.8 Å². The van der Waals surface area contributed by atoms with E-state index in [2.05, 4.69) is 59.9 Å². The number of Topliss-reactive ketones (excluding diaryl/α,β-unsaturated/α-hetero) is 1. The lowest BCUT2D eigenvalue weighted by Crippen LogP contribution is -2.50. The lowest BCUT2D eigenvalue weighted by Gasteiger charge is -2.57. The number of carbonyl (C=O) groups is 1. The van der Waals surface area contributed by atoms with Gasteiger partial charge in [0.1, 0.15) is 18.4 Å². The van der Waals surface area contributed by atoms with Gasteiger partial charge in [-0.2, -0.15) is 0 Å². The molecule has 4 aliphatic rings. The molecule has 4 aliphatic carbocycles. The molecule has 0 amide bonds. The number of aliphatic hydroxyl groups is 1. The van der Waals surface area contributed by atoms with Crippen LogP contribution in [0.25, 0.3) is 10.8 Å². The standard InChI is InChI=1S/C34H41N2O2/c1-33-15-13-27(37)20-26(33)9-10-28-29-11-12-32(34(29,2)16-14-30(28)33)36-18-17-35(22-36)21-31(38)25-8-7-23-5-3-4-6-24(23)19-25/h3-9,17-19,22,27-30,32,37H,10-16,20-21H2,1-2H3/q+1/t27-,28-,29-,30-,32-,33-,34-/m0/s1. The van der Waals surface area contributed by atoms with Crippen molar-refractivity contribution in [3.05, 3.63) is 78.4 Å². The van der Waals surface area contributed by atoms with Crippen LogP contribution in [0.5, 0.6) is 0 Å². The smallest absolute Gasteiger partial charge is 0.244 e. The molecule has 7 atom stereocenters. The normalized spacial score (nSPS) is 36.3. The first-order valence-electron chi connectivity index (χ1n) is 14.8. The fourth-order valence-corrected chi connectivity index (χ4v) is 9.41. The van der Waals surface area contributed by atoms with Gasteiger partial charge in [-0.3, -0.25) is 4.79 Å². The molecule has 2 aromatic carbocycles. The van der Waals surface area contributed by atoms with Crippen LogP contribution in [-0.2, 0) is 6.54 Å². The molecule has 1 N–H and O–H groups in total. The average molecular weight is 510 g/mol. The molecule has 0 bridgehead atoms. The third-order valence-electron chi connectivity index (χ3n) is 11.5. The minimum absolute atomic E-state index is 0.135. The lowest BCUT2D eigenvalue weighted by atomic mass is 9.48.